The van der Waals surface area contributed by atoms with Crippen molar-refractivity contribution >= 4 is 11.9 Å². The zero-order chi connectivity index (χ0) is 21.4. The van der Waals surface area contributed by atoms with Crippen molar-refractivity contribution < 1.29 is 32.2 Å². The summed E-state index contributed by atoms with van der Waals surface area (Å²) in [6, 6.07) is 4.57. The zero-order valence-electron chi connectivity index (χ0n) is 16.3. The molecule has 1 fully saturated rings. The van der Waals surface area contributed by atoms with Crippen LogP contribution in [-0.2, 0) is 11.3 Å². The first-order chi connectivity index (χ1) is 13.7. The molecule has 1 aromatic carbocycles. The summed E-state index contributed by atoms with van der Waals surface area (Å²) in [5.41, 5.74) is 1.06. The van der Waals surface area contributed by atoms with Gasteiger partial charge in [0, 0.05) is 32.7 Å². The molecule has 0 aromatic heterocycles. The number of hydrogen-bond acceptors (Lipinski definition) is 6. The van der Waals surface area contributed by atoms with Gasteiger partial charge in [0.15, 0.2) is 11.5 Å². The molecule has 0 aliphatic carbocycles. The lowest BCUT2D eigenvalue weighted by Gasteiger charge is -2.34. The number of nitrogens with one attached hydrogen (secondary N) is 2. The molecule has 29 heavy (non-hydrogen) atoms. The Morgan fingerprint density at radius 2 is 1.66 bits per heavy atom. The fourth-order valence-electron chi connectivity index (χ4n) is 2.94. The van der Waals surface area contributed by atoms with Crippen molar-refractivity contribution in [3.8, 4) is 11.5 Å². The second-order valence-corrected chi connectivity index (χ2v) is 6.59. The number of rotatable bonds is 7. The van der Waals surface area contributed by atoms with Crippen LogP contribution in [0.1, 0.15) is 5.56 Å². The van der Waals surface area contributed by atoms with Gasteiger partial charge in [-0.3, -0.25) is 19.9 Å². The Morgan fingerprint density at radius 3 is 2.24 bits per heavy atom. The molecule has 1 heterocycles. The fraction of sp³-hybridized carbons (Fsp3) is 0.556. The lowest BCUT2D eigenvalue weighted by molar-refractivity contribution is -0.125. The van der Waals surface area contributed by atoms with Crippen LogP contribution in [0.3, 0.4) is 0 Å². The molecule has 1 aliphatic rings. The number of amides is 3. The maximum atomic E-state index is 12.0. The molecule has 0 spiro atoms. The van der Waals surface area contributed by atoms with Crippen molar-refractivity contribution in [1.29, 1.82) is 0 Å². The van der Waals surface area contributed by atoms with Crippen molar-refractivity contribution in [3.05, 3.63) is 23.8 Å². The van der Waals surface area contributed by atoms with Gasteiger partial charge < -0.3 is 14.8 Å². The minimum absolute atomic E-state index is 0.0519. The summed E-state index contributed by atoms with van der Waals surface area (Å²) in [5.74, 6) is 0.675. The van der Waals surface area contributed by atoms with Crippen LogP contribution in [0.25, 0.3) is 0 Å². The first kappa shape index (κ1) is 22.8. The number of carbonyl (C=O) groups excluding carboxylic acids is 2. The van der Waals surface area contributed by atoms with Crippen molar-refractivity contribution in [2.75, 3.05) is 53.5 Å². The largest absolute Gasteiger partial charge is 0.493 e. The third-order valence-electron chi connectivity index (χ3n) is 4.39. The number of carbonyl (C=O) groups is 2. The molecule has 1 aromatic rings. The molecule has 2 N–H and O–H groups in total. The van der Waals surface area contributed by atoms with E-state index in [9.17, 15) is 22.8 Å². The van der Waals surface area contributed by atoms with Gasteiger partial charge in [-0.05, 0) is 17.7 Å². The number of ether oxygens (including phenoxy) is 2. The second-order valence-electron chi connectivity index (χ2n) is 6.59. The molecule has 162 valence electrons. The van der Waals surface area contributed by atoms with E-state index in [1.165, 1.54) is 0 Å². The van der Waals surface area contributed by atoms with Crippen LogP contribution in [0.5, 0.6) is 11.5 Å². The van der Waals surface area contributed by atoms with Crippen LogP contribution in [0.15, 0.2) is 18.2 Å². The molecule has 11 heteroatoms. The molecule has 0 saturated carbocycles. The molecular formula is C18H25F3N4O4. The van der Waals surface area contributed by atoms with E-state index >= 15 is 0 Å². The standard InChI is InChI=1S/C18H25F3N4O4/c1-28-14-4-3-13(9-15(14)29-2)10-24-5-7-25(8-6-24)11-16(26)23-17(27)22-12-18(19,20)21/h3-4,9H,5-8,10-12H2,1-2H3,(H2,22,23,26,27). The van der Waals surface area contributed by atoms with Gasteiger partial charge in [0.1, 0.15) is 6.54 Å². The summed E-state index contributed by atoms with van der Waals surface area (Å²) in [7, 11) is 3.15. The van der Waals surface area contributed by atoms with E-state index in [2.05, 4.69) is 4.90 Å². The van der Waals surface area contributed by atoms with Crippen molar-refractivity contribution in [1.82, 2.24) is 20.4 Å². The highest BCUT2D eigenvalue weighted by atomic mass is 19.4. The lowest BCUT2D eigenvalue weighted by Crippen LogP contribution is -2.51. The Morgan fingerprint density at radius 1 is 1.03 bits per heavy atom. The smallest absolute Gasteiger partial charge is 0.405 e. The molecule has 1 aliphatic heterocycles. The first-order valence-electron chi connectivity index (χ1n) is 9.00. The topological polar surface area (TPSA) is 83.1 Å². The van der Waals surface area contributed by atoms with E-state index in [-0.39, 0.29) is 6.54 Å². The Kier molecular flexibility index (Phi) is 8.09. The summed E-state index contributed by atoms with van der Waals surface area (Å²) >= 11 is 0. The van der Waals surface area contributed by atoms with E-state index in [0.29, 0.717) is 44.2 Å². The fourth-order valence-corrected chi connectivity index (χ4v) is 2.94. The van der Waals surface area contributed by atoms with Crippen LogP contribution in [0.4, 0.5) is 18.0 Å². The number of imide groups is 1. The highest BCUT2D eigenvalue weighted by Crippen LogP contribution is 2.28. The van der Waals surface area contributed by atoms with Crippen molar-refractivity contribution in [2.24, 2.45) is 0 Å². The Labute approximate surface area is 166 Å². The molecule has 3 amide bonds. The average molecular weight is 418 g/mol. The quantitative estimate of drug-likeness (QED) is 0.693. The number of halogens is 3. The van der Waals surface area contributed by atoms with Crippen LogP contribution in [-0.4, -0.2) is 81.4 Å². The van der Waals surface area contributed by atoms with Gasteiger partial charge in [0.25, 0.3) is 0 Å². The maximum absolute atomic E-state index is 12.0. The molecular weight excluding hydrogens is 393 g/mol. The Bertz CT molecular complexity index is 707. The third kappa shape index (κ3) is 7.78. The van der Waals surface area contributed by atoms with Gasteiger partial charge in [-0.1, -0.05) is 6.07 Å². The maximum Gasteiger partial charge on any atom is 0.405 e. The monoisotopic (exact) mass is 418 g/mol. The SMILES string of the molecule is COc1ccc(CN2CCN(CC(=O)NC(=O)NCC(F)(F)F)CC2)cc1OC. The number of nitrogens with zero attached hydrogens (tertiary/aromatic N) is 2. The highest BCUT2D eigenvalue weighted by molar-refractivity contribution is 5.95. The van der Waals surface area contributed by atoms with E-state index in [4.69, 9.17) is 9.47 Å². The van der Waals surface area contributed by atoms with Gasteiger partial charge in [0.05, 0.1) is 20.8 Å². The normalized spacial score (nSPS) is 15.6. The van der Waals surface area contributed by atoms with Gasteiger partial charge in [0.2, 0.25) is 5.91 Å². The summed E-state index contributed by atoms with van der Waals surface area (Å²) in [5, 5.41) is 3.51. The molecule has 0 atom stereocenters. The number of alkyl halides is 3. The number of piperazine rings is 1. The summed E-state index contributed by atoms with van der Waals surface area (Å²) < 4.78 is 46.7. The minimum atomic E-state index is -4.52. The first-order valence-corrected chi connectivity index (χ1v) is 9.00. The summed E-state index contributed by atoms with van der Waals surface area (Å²) in [6.45, 7) is 1.80. The summed E-state index contributed by atoms with van der Waals surface area (Å²) in [4.78, 5) is 27.2. The van der Waals surface area contributed by atoms with E-state index in [0.717, 1.165) is 5.56 Å². The molecule has 1 saturated heterocycles. The number of urea groups is 1. The Balaban J connectivity index is 1.73. The number of methoxy groups -OCH3 is 2. The molecule has 0 unspecified atom stereocenters. The minimum Gasteiger partial charge on any atom is -0.493 e. The third-order valence-corrected chi connectivity index (χ3v) is 4.39. The Hall–Kier alpha value is -2.53. The van der Waals surface area contributed by atoms with Crippen LogP contribution in [0.2, 0.25) is 0 Å². The lowest BCUT2D eigenvalue weighted by atomic mass is 10.1. The van der Waals surface area contributed by atoms with Crippen molar-refractivity contribution in [3.63, 3.8) is 0 Å². The summed E-state index contributed by atoms with van der Waals surface area (Å²) in [6.07, 6.45) is -4.52. The molecule has 8 nitrogen and oxygen atoms in total. The van der Waals surface area contributed by atoms with Gasteiger partial charge in [-0.2, -0.15) is 13.2 Å². The van der Waals surface area contributed by atoms with Gasteiger partial charge in [-0.25, -0.2) is 4.79 Å². The van der Waals surface area contributed by atoms with Gasteiger partial charge in [-0.15, -0.1) is 0 Å². The predicted molar refractivity (Wildman–Crippen MR) is 98.9 cm³/mol. The van der Waals surface area contributed by atoms with E-state index in [1.54, 1.807) is 19.5 Å². The number of hydrogen-bond donors (Lipinski definition) is 2. The van der Waals surface area contributed by atoms with Crippen LogP contribution >= 0.6 is 0 Å². The van der Waals surface area contributed by atoms with Crippen molar-refractivity contribution in [2.45, 2.75) is 12.7 Å². The van der Waals surface area contributed by atoms with Crippen LogP contribution < -0.4 is 20.1 Å². The molecule has 0 radical (unpaired) electrons. The predicted octanol–water partition coefficient (Wildman–Crippen LogP) is 1.21. The molecule has 2 rings (SSSR count). The zero-order valence-corrected chi connectivity index (χ0v) is 16.3. The van der Waals surface area contributed by atoms with Crippen LogP contribution in [0, 0.1) is 0 Å². The molecule has 0 bridgehead atoms. The highest BCUT2D eigenvalue weighted by Gasteiger charge is 2.28. The number of benzene rings is 1. The van der Waals surface area contributed by atoms with Gasteiger partial charge >= 0.3 is 12.2 Å². The van der Waals surface area contributed by atoms with E-state index < -0.39 is 24.7 Å². The van der Waals surface area contributed by atoms with E-state index in [1.807, 2.05) is 28.4 Å². The second kappa shape index (κ2) is 10.3. The average Bonchev–Trinajstić information content (AvgIpc) is 2.67.